The Balaban J connectivity index is 1.69. The molecule has 2 atom stereocenters. The van der Waals surface area contributed by atoms with E-state index in [2.05, 4.69) is 16.9 Å². The van der Waals surface area contributed by atoms with Crippen LogP contribution in [0.4, 0.5) is 0 Å². The molecule has 3 rings (SSSR count). The van der Waals surface area contributed by atoms with Crippen molar-refractivity contribution < 1.29 is 9.90 Å². The number of aryl methyl sites for hydroxylation is 1. The van der Waals surface area contributed by atoms with Crippen molar-refractivity contribution in [2.45, 2.75) is 46.1 Å². The molecule has 6 nitrogen and oxygen atoms in total. The lowest BCUT2D eigenvalue weighted by Gasteiger charge is -2.38. The van der Waals surface area contributed by atoms with Crippen LogP contribution in [0.5, 0.6) is 0 Å². The Bertz CT molecular complexity index is 580. The molecule has 3 heterocycles. The van der Waals surface area contributed by atoms with Crippen LogP contribution in [0, 0.1) is 18.8 Å². The number of hydrogen-bond donors (Lipinski definition) is 1. The second kappa shape index (κ2) is 8.32. The van der Waals surface area contributed by atoms with E-state index in [9.17, 15) is 9.90 Å². The highest BCUT2D eigenvalue weighted by Gasteiger charge is 2.32. The number of aliphatic hydroxyl groups excluding tert-OH is 1. The molecule has 1 amide bonds. The van der Waals surface area contributed by atoms with Gasteiger partial charge in [-0.2, -0.15) is 5.10 Å². The number of aromatic nitrogens is 2. The zero-order chi connectivity index (χ0) is 17.8. The van der Waals surface area contributed by atoms with Gasteiger partial charge in [-0.05, 0) is 57.5 Å². The Hall–Kier alpha value is -1.40. The van der Waals surface area contributed by atoms with Gasteiger partial charge in [-0.15, -0.1) is 0 Å². The van der Waals surface area contributed by atoms with Gasteiger partial charge < -0.3 is 14.9 Å². The molecule has 0 saturated carbocycles. The van der Waals surface area contributed by atoms with Crippen molar-refractivity contribution >= 4 is 5.91 Å². The van der Waals surface area contributed by atoms with Crippen molar-refractivity contribution in [3.63, 3.8) is 0 Å². The molecule has 0 spiro atoms. The van der Waals surface area contributed by atoms with E-state index in [1.807, 2.05) is 16.5 Å². The van der Waals surface area contributed by atoms with Gasteiger partial charge in [0.1, 0.15) is 0 Å². The highest BCUT2D eigenvalue weighted by atomic mass is 16.3. The van der Waals surface area contributed by atoms with Crippen LogP contribution in [-0.4, -0.2) is 69.9 Å². The van der Waals surface area contributed by atoms with E-state index in [4.69, 9.17) is 0 Å². The van der Waals surface area contributed by atoms with E-state index in [0.29, 0.717) is 18.0 Å². The van der Waals surface area contributed by atoms with Crippen molar-refractivity contribution in [2.24, 2.45) is 11.8 Å². The van der Waals surface area contributed by atoms with E-state index >= 15 is 0 Å². The largest absolute Gasteiger partial charge is 0.396 e. The van der Waals surface area contributed by atoms with Gasteiger partial charge in [0.05, 0.1) is 11.8 Å². The van der Waals surface area contributed by atoms with E-state index in [0.717, 1.165) is 38.2 Å². The first-order valence-electron chi connectivity index (χ1n) is 9.77. The normalized spacial score (nSPS) is 24.8. The molecule has 0 bridgehead atoms. The Morgan fingerprint density at radius 1 is 1.28 bits per heavy atom. The summed E-state index contributed by atoms with van der Waals surface area (Å²) in [5.41, 5.74) is 1.67. The summed E-state index contributed by atoms with van der Waals surface area (Å²) in [5.74, 6) is 0.722. The highest BCUT2D eigenvalue weighted by Crippen LogP contribution is 2.26. The van der Waals surface area contributed by atoms with E-state index in [1.54, 1.807) is 6.20 Å². The molecule has 1 aromatic rings. The predicted octanol–water partition coefficient (Wildman–Crippen LogP) is 1.77. The molecule has 140 valence electrons. The van der Waals surface area contributed by atoms with Crippen LogP contribution >= 0.6 is 0 Å². The fraction of sp³-hybridized carbons (Fsp3) is 0.789. The van der Waals surface area contributed by atoms with E-state index in [-0.39, 0.29) is 18.4 Å². The van der Waals surface area contributed by atoms with E-state index in [1.165, 1.54) is 25.9 Å². The third kappa shape index (κ3) is 4.23. The number of hydrogen-bond acceptors (Lipinski definition) is 4. The van der Waals surface area contributed by atoms with Crippen molar-refractivity contribution in [2.75, 3.05) is 39.3 Å². The van der Waals surface area contributed by atoms with Gasteiger partial charge in [0.2, 0.25) is 0 Å². The zero-order valence-electron chi connectivity index (χ0n) is 15.7. The molecule has 0 aliphatic carbocycles. The van der Waals surface area contributed by atoms with Crippen LogP contribution in [-0.2, 0) is 6.54 Å². The maximum absolute atomic E-state index is 13.1. The number of amides is 1. The summed E-state index contributed by atoms with van der Waals surface area (Å²) in [4.78, 5) is 17.5. The molecule has 1 aromatic heterocycles. The van der Waals surface area contributed by atoms with Gasteiger partial charge in [0.25, 0.3) is 5.91 Å². The van der Waals surface area contributed by atoms with Crippen LogP contribution < -0.4 is 0 Å². The van der Waals surface area contributed by atoms with Gasteiger partial charge in [0, 0.05) is 38.5 Å². The van der Waals surface area contributed by atoms with Gasteiger partial charge in [-0.1, -0.05) is 6.92 Å². The maximum atomic E-state index is 13.1. The van der Waals surface area contributed by atoms with Crippen LogP contribution in [0.25, 0.3) is 0 Å². The number of piperidine rings is 1. The average molecular weight is 348 g/mol. The maximum Gasteiger partial charge on any atom is 0.257 e. The first-order chi connectivity index (χ1) is 12.1. The van der Waals surface area contributed by atoms with Crippen molar-refractivity contribution in [3.8, 4) is 0 Å². The number of rotatable bonds is 6. The Morgan fingerprint density at radius 3 is 2.68 bits per heavy atom. The van der Waals surface area contributed by atoms with Crippen molar-refractivity contribution in [1.29, 1.82) is 0 Å². The lowest BCUT2D eigenvalue weighted by Crippen LogP contribution is -2.47. The summed E-state index contributed by atoms with van der Waals surface area (Å²) in [6.45, 7) is 9.95. The van der Waals surface area contributed by atoms with E-state index < -0.39 is 0 Å². The number of carbonyl (C=O) groups excluding carboxylic acids is 1. The SMILES string of the molecule is CCCn1ncc(C(=O)N2C[C@H](CO)C[C@H](CN3CCCC3)C2)c1C. The molecule has 6 heteroatoms. The third-order valence-electron chi connectivity index (χ3n) is 5.65. The Morgan fingerprint density at radius 2 is 2.00 bits per heavy atom. The number of carbonyl (C=O) groups is 1. The number of nitrogens with zero attached hydrogens (tertiary/aromatic N) is 4. The van der Waals surface area contributed by atoms with Gasteiger partial charge >= 0.3 is 0 Å². The minimum absolute atomic E-state index is 0.0735. The summed E-state index contributed by atoms with van der Waals surface area (Å²) in [6, 6.07) is 0. The molecule has 0 unspecified atom stereocenters. The smallest absolute Gasteiger partial charge is 0.257 e. The predicted molar refractivity (Wildman–Crippen MR) is 97.5 cm³/mol. The fourth-order valence-corrected chi connectivity index (χ4v) is 4.34. The molecule has 2 fully saturated rings. The van der Waals surface area contributed by atoms with Crippen LogP contribution in [0.2, 0.25) is 0 Å². The molecule has 25 heavy (non-hydrogen) atoms. The lowest BCUT2D eigenvalue weighted by atomic mass is 9.89. The fourth-order valence-electron chi connectivity index (χ4n) is 4.34. The molecule has 2 aliphatic rings. The second-order valence-corrected chi connectivity index (χ2v) is 7.73. The van der Waals surface area contributed by atoms with Crippen molar-refractivity contribution in [1.82, 2.24) is 19.6 Å². The summed E-state index contributed by atoms with van der Waals surface area (Å²) < 4.78 is 1.92. The number of likely N-dealkylation sites (tertiary alicyclic amines) is 2. The minimum Gasteiger partial charge on any atom is -0.396 e. The highest BCUT2D eigenvalue weighted by molar-refractivity contribution is 5.95. The van der Waals surface area contributed by atoms with Crippen LogP contribution in [0.3, 0.4) is 0 Å². The standard InChI is InChI=1S/C19H32N4O2/c1-3-6-23-15(2)18(10-20-23)19(25)22-12-16(9-17(13-22)14-24)11-21-7-4-5-8-21/h10,16-17,24H,3-9,11-14H2,1-2H3/t16-,17-/m1/s1. The van der Waals surface area contributed by atoms with Crippen LogP contribution in [0.1, 0.15) is 48.7 Å². The molecule has 0 aromatic carbocycles. The quantitative estimate of drug-likeness (QED) is 0.851. The Labute approximate surface area is 150 Å². The summed E-state index contributed by atoms with van der Waals surface area (Å²) in [7, 11) is 0. The molecular weight excluding hydrogens is 316 g/mol. The first-order valence-corrected chi connectivity index (χ1v) is 9.77. The molecule has 1 N–H and O–H groups in total. The monoisotopic (exact) mass is 348 g/mol. The molecular formula is C19H32N4O2. The summed E-state index contributed by atoms with van der Waals surface area (Å²) in [6.07, 6.45) is 6.31. The average Bonchev–Trinajstić information content (AvgIpc) is 3.25. The summed E-state index contributed by atoms with van der Waals surface area (Å²) in [5, 5.41) is 14.1. The summed E-state index contributed by atoms with van der Waals surface area (Å²) >= 11 is 0. The second-order valence-electron chi connectivity index (χ2n) is 7.73. The number of aliphatic hydroxyl groups is 1. The molecule has 2 aliphatic heterocycles. The zero-order valence-corrected chi connectivity index (χ0v) is 15.7. The first kappa shape index (κ1) is 18.4. The molecule has 2 saturated heterocycles. The Kier molecular flexibility index (Phi) is 6.12. The topological polar surface area (TPSA) is 61.6 Å². The minimum atomic E-state index is 0.0735. The van der Waals surface area contributed by atoms with Crippen molar-refractivity contribution in [3.05, 3.63) is 17.5 Å². The molecule has 0 radical (unpaired) electrons. The third-order valence-corrected chi connectivity index (χ3v) is 5.65. The van der Waals surface area contributed by atoms with Crippen LogP contribution in [0.15, 0.2) is 6.20 Å². The van der Waals surface area contributed by atoms with Gasteiger partial charge in [-0.3, -0.25) is 9.48 Å². The van der Waals surface area contributed by atoms with Gasteiger partial charge in [0.15, 0.2) is 0 Å². The lowest BCUT2D eigenvalue weighted by molar-refractivity contribution is 0.0464. The van der Waals surface area contributed by atoms with Gasteiger partial charge in [-0.25, -0.2) is 0 Å².